The molecule has 98 valence electrons. The zero-order chi connectivity index (χ0) is 13.8. The van der Waals surface area contributed by atoms with E-state index in [0.29, 0.717) is 0 Å². The van der Waals surface area contributed by atoms with Gasteiger partial charge in [0.25, 0.3) is 0 Å². The predicted molar refractivity (Wildman–Crippen MR) is 78.8 cm³/mol. The second-order valence-corrected chi connectivity index (χ2v) is 4.53. The normalized spacial score (nSPS) is 10.4. The molecule has 1 N–H and O–H groups in total. The lowest BCUT2D eigenvalue weighted by molar-refractivity contribution is 0.282. The van der Waals surface area contributed by atoms with E-state index in [-0.39, 0.29) is 6.61 Å². The van der Waals surface area contributed by atoms with E-state index < -0.39 is 0 Å². The van der Waals surface area contributed by atoms with Crippen LogP contribution in [0, 0.1) is 0 Å². The molecule has 2 aromatic carbocycles. The van der Waals surface area contributed by atoms with Gasteiger partial charge in [-0.3, -0.25) is 0 Å². The number of hydrogen-bond acceptors (Lipinski definition) is 3. The number of aliphatic hydroxyl groups is 1. The largest absolute Gasteiger partial charge is 0.392 e. The molecule has 0 atom stereocenters. The van der Waals surface area contributed by atoms with E-state index in [1.807, 2.05) is 36.4 Å². The van der Waals surface area contributed by atoms with Crippen LogP contribution in [0.25, 0.3) is 22.3 Å². The number of rotatable bonds is 3. The SMILES string of the molecule is OCc1ccc(-c2ccccc2)c(-c2cncnc2)c1. The fourth-order valence-electron chi connectivity index (χ4n) is 2.24. The maximum atomic E-state index is 9.34. The number of nitrogens with zero attached hydrogens (tertiary/aromatic N) is 2. The number of aromatic nitrogens is 2. The van der Waals surface area contributed by atoms with Crippen molar-refractivity contribution in [3.05, 3.63) is 72.8 Å². The third kappa shape index (κ3) is 2.44. The minimum Gasteiger partial charge on any atom is -0.392 e. The standard InChI is InChI=1S/C17H14N2O/c20-11-13-6-7-16(14-4-2-1-3-5-14)17(8-13)15-9-18-12-19-10-15/h1-10,12,20H,11H2. The summed E-state index contributed by atoms with van der Waals surface area (Å²) in [6.07, 6.45) is 5.09. The van der Waals surface area contributed by atoms with Crippen LogP contribution in [0.2, 0.25) is 0 Å². The minimum absolute atomic E-state index is 0.0236. The zero-order valence-electron chi connectivity index (χ0n) is 10.9. The van der Waals surface area contributed by atoms with E-state index in [1.54, 1.807) is 12.4 Å². The van der Waals surface area contributed by atoms with Crippen molar-refractivity contribution in [2.75, 3.05) is 0 Å². The Morgan fingerprint density at radius 3 is 2.25 bits per heavy atom. The van der Waals surface area contributed by atoms with Gasteiger partial charge in [0.05, 0.1) is 6.61 Å². The third-order valence-corrected chi connectivity index (χ3v) is 3.22. The molecule has 3 nitrogen and oxygen atoms in total. The molecular weight excluding hydrogens is 248 g/mol. The lowest BCUT2D eigenvalue weighted by Gasteiger charge is -2.11. The monoisotopic (exact) mass is 262 g/mol. The van der Waals surface area contributed by atoms with Crippen LogP contribution in [0.5, 0.6) is 0 Å². The van der Waals surface area contributed by atoms with Gasteiger partial charge >= 0.3 is 0 Å². The van der Waals surface area contributed by atoms with Crippen LogP contribution >= 0.6 is 0 Å². The molecule has 3 heteroatoms. The van der Waals surface area contributed by atoms with Crippen LogP contribution in [0.1, 0.15) is 5.56 Å². The molecule has 20 heavy (non-hydrogen) atoms. The average molecular weight is 262 g/mol. The molecule has 0 saturated carbocycles. The number of hydrogen-bond donors (Lipinski definition) is 1. The highest BCUT2D eigenvalue weighted by molar-refractivity contribution is 5.83. The molecule has 0 saturated heterocycles. The van der Waals surface area contributed by atoms with Crippen LogP contribution < -0.4 is 0 Å². The molecule has 0 unspecified atom stereocenters. The van der Waals surface area contributed by atoms with E-state index >= 15 is 0 Å². The quantitative estimate of drug-likeness (QED) is 0.787. The molecule has 0 amide bonds. The smallest absolute Gasteiger partial charge is 0.115 e. The Balaban J connectivity index is 2.20. The molecule has 0 fully saturated rings. The second kappa shape index (κ2) is 5.63. The Bertz CT molecular complexity index is 697. The van der Waals surface area contributed by atoms with Crippen LogP contribution in [0.4, 0.5) is 0 Å². The van der Waals surface area contributed by atoms with Gasteiger partial charge in [0.2, 0.25) is 0 Å². The van der Waals surface area contributed by atoms with Crippen molar-refractivity contribution in [3.8, 4) is 22.3 Å². The summed E-state index contributed by atoms with van der Waals surface area (Å²) in [5.41, 5.74) is 5.10. The maximum Gasteiger partial charge on any atom is 0.115 e. The lowest BCUT2D eigenvalue weighted by atomic mass is 9.94. The van der Waals surface area contributed by atoms with Crippen LogP contribution in [0.15, 0.2) is 67.3 Å². The van der Waals surface area contributed by atoms with Crippen molar-refractivity contribution in [2.45, 2.75) is 6.61 Å². The Morgan fingerprint density at radius 1 is 0.800 bits per heavy atom. The molecule has 0 aliphatic rings. The van der Waals surface area contributed by atoms with Crippen molar-refractivity contribution in [1.82, 2.24) is 9.97 Å². The fraction of sp³-hybridized carbons (Fsp3) is 0.0588. The highest BCUT2D eigenvalue weighted by atomic mass is 16.3. The van der Waals surface area contributed by atoms with Gasteiger partial charge in [0.1, 0.15) is 6.33 Å². The van der Waals surface area contributed by atoms with E-state index in [2.05, 4.69) is 22.1 Å². The predicted octanol–water partition coefficient (Wildman–Crippen LogP) is 3.30. The van der Waals surface area contributed by atoms with E-state index in [9.17, 15) is 5.11 Å². The lowest BCUT2D eigenvalue weighted by Crippen LogP contribution is -1.91. The molecule has 1 aromatic heterocycles. The summed E-state index contributed by atoms with van der Waals surface area (Å²) >= 11 is 0. The van der Waals surface area contributed by atoms with E-state index in [0.717, 1.165) is 27.8 Å². The first-order valence-electron chi connectivity index (χ1n) is 6.43. The van der Waals surface area contributed by atoms with Gasteiger partial charge in [-0.05, 0) is 28.3 Å². The maximum absolute atomic E-state index is 9.34. The summed E-state index contributed by atoms with van der Waals surface area (Å²) in [6, 6.07) is 16.1. The molecular formula is C17H14N2O. The molecule has 0 bridgehead atoms. The first kappa shape index (κ1) is 12.5. The van der Waals surface area contributed by atoms with Gasteiger partial charge in [-0.1, -0.05) is 42.5 Å². The summed E-state index contributed by atoms with van der Waals surface area (Å²) < 4.78 is 0. The molecule has 0 aliphatic heterocycles. The number of benzene rings is 2. The third-order valence-electron chi connectivity index (χ3n) is 3.22. The van der Waals surface area contributed by atoms with Gasteiger partial charge in [0, 0.05) is 18.0 Å². The van der Waals surface area contributed by atoms with Crippen molar-refractivity contribution >= 4 is 0 Å². The molecule has 0 aliphatic carbocycles. The zero-order valence-corrected chi connectivity index (χ0v) is 10.9. The van der Waals surface area contributed by atoms with Gasteiger partial charge in [0.15, 0.2) is 0 Å². The topological polar surface area (TPSA) is 46.0 Å². The summed E-state index contributed by atoms with van der Waals surface area (Å²) in [7, 11) is 0. The van der Waals surface area contributed by atoms with Gasteiger partial charge < -0.3 is 5.11 Å². The van der Waals surface area contributed by atoms with Crippen molar-refractivity contribution < 1.29 is 5.11 Å². The Kier molecular flexibility index (Phi) is 3.52. The van der Waals surface area contributed by atoms with E-state index in [1.165, 1.54) is 6.33 Å². The minimum atomic E-state index is 0.0236. The van der Waals surface area contributed by atoms with Crippen LogP contribution in [0.3, 0.4) is 0 Å². The van der Waals surface area contributed by atoms with Crippen molar-refractivity contribution in [1.29, 1.82) is 0 Å². The fourth-order valence-corrected chi connectivity index (χ4v) is 2.24. The molecule has 3 aromatic rings. The Labute approximate surface area is 117 Å². The van der Waals surface area contributed by atoms with Gasteiger partial charge in [-0.2, -0.15) is 0 Å². The molecule has 1 heterocycles. The summed E-state index contributed by atoms with van der Waals surface area (Å²) in [5.74, 6) is 0. The van der Waals surface area contributed by atoms with E-state index in [4.69, 9.17) is 0 Å². The first-order chi connectivity index (χ1) is 9.88. The Morgan fingerprint density at radius 2 is 1.55 bits per heavy atom. The highest BCUT2D eigenvalue weighted by Gasteiger charge is 2.08. The molecule has 0 radical (unpaired) electrons. The van der Waals surface area contributed by atoms with Gasteiger partial charge in [-0.15, -0.1) is 0 Å². The van der Waals surface area contributed by atoms with Crippen molar-refractivity contribution in [3.63, 3.8) is 0 Å². The number of aliphatic hydroxyl groups excluding tert-OH is 1. The summed E-state index contributed by atoms with van der Waals surface area (Å²) in [4.78, 5) is 8.16. The Hall–Kier alpha value is -2.52. The average Bonchev–Trinajstić information content (AvgIpc) is 2.56. The molecule has 3 rings (SSSR count). The summed E-state index contributed by atoms with van der Waals surface area (Å²) in [6.45, 7) is 0.0236. The van der Waals surface area contributed by atoms with Crippen LogP contribution in [-0.4, -0.2) is 15.1 Å². The second-order valence-electron chi connectivity index (χ2n) is 4.53. The van der Waals surface area contributed by atoms with Crippen LogP contribution in [-0.2, 0) is 6.61 Å². The first-order valence-corrected chi connectivity index (χ1v) is 6.43. The highest BCUT2D eigenvalue weighted by Crippen LogP contribution is 2.32. The summed E-state index contributed by atoms with van der Waals surface area (Å²) in [5, 5.41) is 9.34. The molecule has 0 spiro atoms. The van der Waals surface area contributed by atoms with Crippen molar-refractivity contribution in [2.24, 2.45) is 0 Å². The van der Waals surface area contributed by atoms with Gasteiger partial charge in [-0.25, -0.2) is 9.97 Å².